The molecule has 106 valence electrons. The second-order valence-electron chi connectivity index (χ2n) is 3.87. The zero-order chi connectivity index (χ0) is 14.8. The molecule has 0 aliphatic heterocycles. The normalized spacial score (nSPS) is 13.3. The molecule has 9 heteroatoms. The molecule has 0 saturated carbocycles. The summed E-state index contributed by atoms with van der Waals surface area (Å²) in [5, 5.41) is -0.803. The maximum absolute atomic E-state index is 13.5. The SMILES string of the molecule is CC(CC(N)=S)NS(=O)(=O)c1ccc(Cl)c(F)c1Cl. The molecule has 0 heterocycles. The second-order valence-corrected chi connectivity index (χ2v) is 6.86. The number of nitrogens with two attached hydrogens (primary N) is 1. The van der Waals surface area contributed by atoms with E-state index in [1.807, 2.05) is 0 Å². The average Bonchev–Trinajstić information content (AvgIpc) is 2.23. The van der Waals surface area contributed by atoms with Crippen LogP contribution in [0.2, 0.25) is 10.0 Å². The fourth-order valence-corrected chi connectivity index (χ4v) is 3.63. The van der Waals surface area contributed by atoms with Gasteiger partial charge in [-0.05, 0) is 19.1 Å². The van der Waals surface area contributed by atoms with Crippen LogP contribution in [0, 0.1) is 5.82 Å². The van der Waals surface area contributed by atoms with Gasteiger partial charge in [-0.3, -0.25) is 0 Å². The minimum Gasteiger partial charge on any atom is -0.393 e. The number of hydrogen-bond donors (Lipinski definition) is 2. The molecule has 0 aromatic heterocycles. The molecular weight excluding hydrogens is 334 g/mol. The predicted molar refractivity (Wildman–Crippen MR) is 77.6 cm³/mol. The molecule has 0 spiro atoms. The quantitative estimate of drug-likeness (QED) is 0.635. The summed E-state index contributed by atoms with van der Waals surface area (Å²) in [6, 6.07) is 1.72. The van der Waals surface area contributed by atoms with Gasteiger partial charge in [-0.15, -0.1) is 0 Å². The highest BCUT2D eigenvalue weighted by atomic mass is 35.5. The van der Waals surface area contributed by atoms with Crippen molar-refractivity contribution in [1.82, 2.24) is 4.72 Å². The molecule has 0 saturated heterocycles. The Morgan fingerprint density at radius 2 is 2.11 bits per heavy atom. The van der Waals surface area contributed by atoms with Gasteiger partial charge in [-0.2, -0.15) is 0 Å². The molecule has 1 unspecified atom stereocenters. The number of hydrogen-bond acceptors (Lipinski definition) is 3. The van der Waals surface area contributed by atoms with Crippen molar-refractivity contribution in [3.8, 4) is 0 Å². The summed E-state index contributed by atoms with van der Waals surface area (Å²) >= 11 is 15.8. The Morgan fingerprint density at radius 1 is 1.53 bits per heavy atom. The smallest absolute Gasteiger partial charge is 0.242 e. The first-order valence-electron chi connectivity index (χ1n) is 5.09. The molecule has 4 nitrogen and oxygen atoms in total. The van der Waals surface area contributed by atoms with Crippen LogP contribution in [0.5, 0.6) is 0 Å². The molecular formula is C10H11Cl2FN2O2S2. The molecule has 1 aromatic carbocycles. The summed E-state index contributed by atoms with van der Waals surface area (Å²) in [5.41, 5.74) is 5.32. The highest BCUT2D eigenvalue weighted by Gasteiger charge is 2.23. The molecule has 0 radical (unpaired) electrons. The first-order valence-corrected chi connectivity index (χ1v) is 7.74. The third-order valence-corrected chi connectivity index (χ3v) is 4.73. The van der Waals surface area contributed by atoms with Crippen LogP contribution in [0.3, 0.4) is 0 Å². The van der Waals surface area contributed by atoms with E-state index in [-0.39, 0.29) is 21.3 Å². The number of thiocarbonyl (C=S) groups is 1. The minimum absolute atomic E-state index is 0.170. The number of sulfonamides is 1. The van der Waals surface area contributed by atoms with Gasteiger partial charge in [0.1, 0.15) is 4.90 Å². The lowest BCUT2D eigenvalue weighted by atomic mass is 10.3. The van der Waals surface area contributed by atoms with E-state index < -0.39 is 26.9 Å². The summed E-state index contributed by atoms with van der Waals surface area (Å²) < 4.78 is 39.8. The molecule has 1 aromatic rings. The average molecular weight is 345 g/mol. The first-order chi connectivity index (χ1) is 8.65. The summed E-state index contributed by atoms with van der Waals surface area (Å²) in [7, 11) is -3.97. The highest BCUT2D eigenvalue weighted by Crippen LogP contribution is 2.29. The summed E-state index contributed by atoms with van der Waals surface area (Å²) in [6.07, 6.45) is 0.183. The van der Waals surface area contributed by atoms with Crippen molar-refractivity contribution in [3.05, 3.63) is 28.0 Å². The van der Waals surface area contributed by atoms with Crippen molar-refractivity contribution in [3.63, 3.8) is 0 Å². The molecule has 0 fully saturated rings. The lowest BCUT2D eigenvalue weighted by molar-refractivity contribution is 0.562. The predicted octanol–water partition coefficient (Wildman–Crippen LogP) is 2.48. The van der Waals surface area contributed by atoms with E-state index in [2.05, 4.69) is 16.9 Å². The standard InChI is InChI=1S/C10H11Cl2FN2O2S2/c1-5(4-8(14)18)15-19(16,17)7-3-2-6(11)10(13)9(7)12/h2-3,5,15H,4H2,1H3,(H2,14,18). The van der Waals surface area contributed by atoms with Crippen LogP contribution in [0.4, 0.5) is 4.39 Å². The third-order valence-electron chi connectivity index (χ3n) is 2.15. The molecule has 3 N–H and O–H groups in total. The zero-order valence-corrected chi connectivity index (χ0v) is 12.9. The van der Waals surface area contributed by atoms with E-state index in [0.717, 1.165) is 12.1 Å². The molecule has 1 rings (SSSR count). The lowest BCUT2D eigenvalue weighted by Crippen LogP contribution is -2.35. The van der Waals surface area contributed by atoms with Crippen LogP contribution in [0.1, 0.15) is 13.3 Å². The van der Waals surface area contributed by atoms with Gasteiger partial charge in [0, 0.05) is 12.5 Å². The maximum Gasteiger partial charge on any atom is 0.242 e. The monoisotopic (exact) mass is 344 g/mol. The Labute approximate surface area is 126 Å². The first kappa shape index (κ1) is 16.6. The topological polar surface area (TPSA) is 72.2 Å². The largest absolute Gasteiger partial charge is 0.393 e. The van der Waals surface area contributed by atoms with Gasteiger partial charge >= 0.3 is 0 Å². The maximum atomic E-state index is 13.5. The molecule has 1 atom stereocenters. The van der Waals surface area contributed by atoms with Gasteiger partial charge in [0.15, 0.2) is 5.82 Å². The Kier molecular flexibility index (Phi) is 5.52. The van der Waals surface area contributed by atoms with Crippen LogP contribution < -0.4 is 10.5 Å². The summed E-state index contributed by atoms with van der Waals surface area (Å²) in [5.74, 6) is -0.979. The Bertz CT molecular complexity index is 608. The Balaban J connectivity index is 3.08. The molecule has 0 bridgehead atoms. The van der Waals surface area contributed by atoms with Gasteiger partial charge in [-0.1, -0.05) is 35.4 Å². The number of nitrogens with one attached hydrogen (secondary N) is 1. The number of benzene rings is 1. The van der Waals surface area contributed by atoms with Crippen molar-refractivity contribution in [2.75, 3.05) is 0 Å². The molecule has 0 amide bonds. The van der Waals surface area contributed by atoms with Crippen molar-refractivity contribution < 1.29 is 12.8 Å². The van der Waals surface area contributed by atoms with E-state index in [4.69, 9.17) is 28.9 Å². The van der Waals surface area contributed by atoms with Gasteiger partial charge in [0.2, 0.25) is 10.0 Å². The van der Waals surface area contributed by atoms with E-state index in [0.29, 0.717) is 0 Å². The fourth-order valence-electron chi connectivity index (χ4n) is 1.39. The van der Waals surface area contributed by atoms with Crippen LogP contribution in [-0.4, -0.2) is 19.4 Å². The Hall–Kier alpha value is -0.470. The van der Waals surface area contributed by atoms with E-state index in [1.54, 1.807) is 6.92 Å². The van der Waals surface area contributed by atoms with Crippen LogP contribution in [-0.2, 0) is 10.0 Å². The number of rotatable bonds is 5. The second kappa shape index (κ2) is 6.32. The van der Waals surface area contributed by atoms with Gasteiger partial charge < -0.3 is 5.73 Å². The highest BCUT2D eigenvalue weighted by molar-refractivity contribution is 7.89. The van der Waals surface area contributed by atoms with Gasteiger partial charge in [0.05, 0.1) is 15.0 Å². The van der Waals surface area contributed by atoms with Crippen molar-refractivity contribution >= 4 is 50.4 Å². The van der Waals surface area contributed by atoms with Crippen molar-refractivity contribution in [2.24, 2.45) is 5.73 Å². The van der Waals surface area contributed by atoms with Gasteiger partial charge in [0.25, 0.3) is 0 Å². The van der Waals surface area contributed by atoms with Crippen molar-refractivity contribution in [2.45, 2.75) is 24.3 Å². The molecule has 19 heavy (non-hydrogen) atoms. The lowest BCUT2D eigenvalue weighted by Gasteiger charge is -2.14. The van der Waals surface area contributed by atoms with Gasteiger partial charge in [-0.25, -0.2) is 17.5 Å². The fraction of sp³-hybridized carbons (Fsp3) is 0.300. The summed E-state index contributed by atoms with van der Waals surface area (Å²) in [4.78, 5) is -0.213. The zero-order valence-electron chi connectivity index (χ0n) is 9.78. The van der Waals surface area contributed by atoms with E-state index in [1.165, 1.54) is 0 Å². The number of halogens is 3. The Morgan fingerprint density at radius 3 is 2.63 bits per heavy atom. The molecule has 0 aliphatic carbocycles. The third kappa shape index (κ3) is 4.25. The van der Waals surface area contributed by atoms with E-state index in [9.17, 15) is 12.8 Å². The van der Waals surface area contributed by atoms with Crippen LogP contribution in [0.25, 0.3) is 0 Å². The van der Waals surface area contributed by atoms with E-state index >= 15 is 0 Å². The summed E-state index contributed by atoms with van der Waals surface area (Å²) in [6.45, 7) is 1.58. The molecule has 0 aliphatic rings. The van der Waals surface area contributed by atoms with Crippen LogP contribution >= 0.6 is 35.4 Å². The van der Waals surface area contributed by atoms with Crippen molar-refractivity contribution in [1.29, 1.82) is 0 Å². The minimum atomic E-state index is -3.97. The van der Waals surface area contributed by atoms with Crippen LogP contribution in [0.15, 0.2) is 17.0 Å².